The molecule has 1 aliphatic heterocycles. The average Bonchev–Trinajstić information content (AvgIpc) is 2.52. The summed E-state index contributed by atoms with van der Waals surface area (Å²) in [6.07, 6.45) is -4.82. The summed E-state index contributed by atoms with van der Waals surface area (Å²) in [5, 5.41) is 1.03. The van der Waals surface area contributed by atoms with Crippen molar-refractivity contribution < 1.29 is 21.6 Å². The SMILES string of the molecule is CN1Cc2c(Cl)cc(Cl)cc2C(c2cccc(NS(=O)(=O)CC(F)(F)F)c2)C1. The summed E-state index contributed by atoms with van der Waals surface area (Å²) in [7, 11) is -2.62. The van der Waals surface area contributed by atoms with Crippen LogP contribution in [-0.4, -0.2) is 38.8 Å². The molecule has 0 saturated heterocycles. The van der Waals surface area contributed by atoms with Gasteiger partial charge in [0.2, 0.25) is 10.0 Å². The number of hydrogen-bond donors (Lipinski definition) is 1. The second-order valence-electron chi connectivity index (χ2n) is 6.81. The van der Waals surface area contributed by atoms with Gasteiger partial charge in [-0.05, 0) is 48.0 Å². The van der Waals surface area contributed by atoms with E-state index in [2.05, 4.69) is 4.90 Å². The van der Waals surface area contributed by atoms with Crippen molar-refractivity contribution in [3.05, 3.63) is 63.1 Å². The van der Waals surface area contributed by atoms with E-state index in [1.54, 1.807) is 18.2 Å². The molecule has 0 spiro atoms. The zero-order chi connectivity index (χ0) is 20.7. The molecule has 3 rings (SSSR count). The van der Waals surface area contributed by atoms with Crippen molar-refractivity contribution in [3.63, 3.8) is 0 Å². The van der Waals surface area contributed by atoms with Crippen molar-refractivity contribution in [1.29, 1.82) is 0 Å². The van der Waals surface area contributed by atoms with E-state index in [4.69, 9.17) is 23.2 Å². The first kappa shape index (κ1) is 21.2. The van der Waals surface area contributed by atoms with Crippen molar-refractivity contribution in [2.24, 2.45) is 0 Å². The van der Waals surface area contributed by atoms with Crippen molar-refractivity contribution in [3.8, 4) is 0 Å². The molecule has 0 amide bonds. The fourth-order valence-corrected chi connectivity index (χ4v) is 4.94. The van der Waals surface area contributed by atoms with Gasteiger partial charge in [0.25, 0.3) is 0 Å². The van der Waals surface area contributed by atoms with E-state index in [1.165, 1.54) is 12.1 Å². The molecule has 0 radical (unpaired) electrons. The highest BCUT2D eigenvalue weighted by Crippen LogP contribution is 2.39. The van der Waals surface area contributed by atoms with Crippen LogP contribution in [0, 0.1) is 0 Å². The Kier molecular flexibility index (Phi) is 5.87. The molecular formula is C18H17Cl2F3N2O2S. The molecule has 1 aliphatic rings. The van der Waals surface area contributed by atoms with Gasteiger partial charge in [0.05, 0.1) is 0 Å². The lowest BCUT2D eigenvalue weighted by Crippen LogP contribution is -2.31. The fourth-order valence-electron chi connectivity index (χ4n) is 3.38. The second-order valence-corrected chi connectivity index (χ2v) is 9.37. The summed E-state index contributed by atoms with van der Waals surface area (Å²) in [5.74, 6) is -2.10. The molecule has 28 heavy (non-hydrogen) atoms. The van der Waals surface area contributed by atoms with E-state index in [0.717, 1.165) is 16.7 Å². The molecule has 0 bridgehead atoms. The lowest BCUT2D eigenvalue weighted by Gasteiger charge is -2.33. The normalized spacial score (nSPS) is 18.0. The zero-order valence-corrected chi connectivity index (χ0v) is 17.1. The quantitative estimate of drug-likeness (QED) is 0.719. The maximum absolute atomic E-state index is 12.5. The number of fused-ring (bicyclic) bond motifs is 1. The Morgan fingerprint density at radius 3 is 2.61 bits per heavy atom. The van der Waals surface area contributed by atoms with Crippen molar-refractivity contribution in [1.82, 2.24) is 4.90 Å². The van der Waals surface area contributed by atoms with E-state index in [0.29, 0.717) is 23.1 Å². The summed E-state index contributed by atoms with van der Waals surface area (Å²) in [4.78, 5) is 2.06. The van der Waals surface area contributed by atoms with Gasteiger partial charge in [0.1, 0.15) is 0 Å². The Hall–Kier alpha value is -1.48. The molecule has 0 aromatic heterocycles. The minimum atomic E-state index is -4.82. The number of sulfonamides is 1. The highest BCUT2D eigenvalue weighted by atomic mass is 35.5. The lowest BCUT2D eigenvalue weighted by atomic mass is 9.84. The Balaban J connectivity index is 1.95. The number of halogens is 5. The van der Waals surface area contributed by atoms with E-state index in [9.17, 15) is 21.6 Å². The first-order valence-electron chi connectivity index (χ1n) is 8.27. The van der Waals surface area contributed by atoms with Gasteiger partial charge in [0.15, 0.2) is 5.75 Å². The van der Waals surface area contributed by atoms with Crippen LogP contribution in [0.15, 0.2) is 36.4 Å². The van der Waals surface area contributed by atoms with Crippen LogP contribution in [0.1, 0.15) is 22.6 Å². The number of nitrogens with zero attached hydrogens (tertiary/aromatic N) is 1. The minimum Gasteiger partial charge on any atom is -0.301 e. The van der Waals surface area contributed by atoms with Crippen LogP contribution in [0.5, 0.6) is 0 Å². The minimum absolute atomic E-state index is 0.0738. The summed E-state index contributed by atoms with van der Waals surface area (Å²) < 4.78 is 62.9. The van der Waals surface area contributed by atoms with Gasteiger partial charge in [-0.2, -0.15) is 13.2 Å². The third-order valence-electron chi connectivity index (χ3n) is 4.41. The average molecular weight is 453 g/mol. The zero-order valence-electron chi connectivity index (χ0n) is 14.7. The molecule has 1 unspecified atom stereocenters. The van der Waals surface area contributed by atoms with Crippen LogP contribution in [0.3, 0.4) is 0 Å². The summed E-state index contributed by atoms with van der Waals surface area (Å²) in [6, 6.07) is 9.83. The Labute approximate surface area is 171 Å². The third kappa shape index (κ3) is 5.11. The van der Waals surface area contributed by atoms with Gasteiger partial charge in [-0.1, -0.05) is 35.3 Å². The van der Waals surface area contributed by atoms with Crippen LogP contribution < -0.4 is 4.72 Å². The molecule has 1 atom stereocenters. The molecule has 1 N–H and O–H groups in total. The molecule has 0 saturated carbocycles. The highest BCUT2D eigenvalue weighted by molar-refractivity contribution is 7.92. The van der Waals surface area contributed by atoms with Crippen molar-refractivity contribution in [2.75, 3.05) is 24.1 Å². The highest BCUT2D eigenvalue weighted by Gasteiger charge is 2.35. The van der Waals surface area contributed by atoms with Gasteiger partial charge >= 0.3 is 6.18 Å². The smallest absolute Gasteiger partial charge is 0.301 e. The monoisotopic (exact) mass is 452 g/mol. The predicted molar refractivity (Wildman–Crippen MR) is 105 cm³/mol. The Morgan fingerprint density at radius 1 is 1.21 bits per heavy atom. The van der Waals surface area contributed by atoms with Gasteiger partial charge < -0.3 is 4.90 Å². The number of benzene rings is 2. The molecule has 4 nitrogen and oxygen atoms in total. The van der Waals surface area contributed by atoms with Gasteiger partial charge in [-0.15, -0.1) is 0 Å². The second kappa shape index (κ2) is 7.74. The van der Waals surface area contributed by atoms with Crippen LogP contribution >= 0.6 is 23.2 Å². The van der Waals surface area contributed by atoms with E-state index >= 15 is 0 Å². The molecule has 0 aliphatic carbocycles. The number of anilines is 1. The maximum Gasteiger partial charge on any atom is 0.404 e. The summed E-state index contributed by atoms with van der Waals surface area (Å²) >= 11 is 12.5. The maximum atomic E-state index is 12.5. The van der Waals surface area contributed by atoms with Gasteiger partial charge in [-0.25, -0.2) is 8.42 Å². The molecule has 152 valence electrons. The largest absolute Gasteiger partial charge is 0.404 e. The Bertz CT molecular complexity index is 997. The standard InChI is InChI=1S/C18H17Cl2F3N2O2S/c1-25-8-15(14-6-12(19)7-17(20)16(14)9-25)11-3-2-4-13(5-11)24-28(26,27)10-18(21,22)23/h2-7,15,24H,8-10H2,1H3. The van der Waals surface area contributed by atoms with Crippen LogP contribution in [-0.2, 0) is 16.6 Å². The number of alkyl halides is 3. The molecule has 2 aromatic rings. The molecular weight excluding hydrogens is 436 g/mol. The van der Waals surface area contributed by atoms with Crippen molar-refractivity contribution >= 4 is 38.9 Å². The summed E-state index contributed by atoms with van der Waals surface area (Å²) in [5.41, 5.74) is 2.67. The van der Waals surface area contributed by atoms with Gasteiger partial charge in [-0.3, -0.25) is 4.72 Å². The molecule has 1 heterocycles. The van der Waals surface area contributed by atoms with Crippen LogP contribution in [0.25, 0.3) is 0 Å². The molecule has 0 fully saturated rings. The van der Waals surface area contributed by atoms with E-state index < -0.39 is 22.0 Å². The molecule has 2 aromatic carbocycles. The van der Waals surface area contributed by atoms with E-state index in [1.807, 2.05) is 17.8 Å². The van der Waals surface area contributed by atoms with Crippen molar-refractivity contribution in [2.45, 2.75) is 18.6 Å². The Morgan fingerprint density at radius 2 is 1.93 bits per heavy atom. The topological polar surface area (TPSA) is 49.4 Å². The van der Waals surface area contributed by atoms with Crippen LogP contribution in [0.2, 0.25) is 10.0 Å². The number of likely N-dealkylation sites (N-methyl/N-ethyl adjacent to an activating group) is 1. The summed E-state index contributed by atoms with van der Waals surface area (Å²) in [6.45, 7) is 1.27. The number of rotatable bonds is 4. The number of nitrogens with one attached hydrogen (secondary N) is 1. The first-order valence-corrected chi connectivity index (χ1v) is 10.7. The number of hydrogen-bond acceptors (Lipinski definition) is 3. The fraction of sp³-hybridized carbons (Fsp3) is 0.333. The third-order valence-corrected chi connectivity index (χ3v) is 6.22. The van der Waals surface area contributed by atoms with Crippen LogP contribution in [0.4, 0.5) is 18.9 Å². The molecule has 10 heteroatoms. The van der Waals surface area contributed by atoms with E-state index in [-0.39, 0.29) is 11.6 Å². The predicted octanol–water partition coefficient (Wildman–Crippen LogP) is 4.87. The lowest BCUT2D eigenvalue weighted by molar-refractivity contribution is -0.106. The first-order chi connectivity index (χ1) is 12.9. The van der Waals surface area contributed by atoms with Gasteiger partial charge in [0, 0.05) is 34.7 Å².